The Hall–Kier alpha value is -0.337. The van der Waals surface area contributed by atoms with E-state index in [0.717, 1.165) is 12.2 Å². The van der Waals surface area contributed by atoms with Crippen LogP contribution in [0.3, 0.4) is 0 Å². The van der Waals surface area contributed by atoms with E-state index in [1.807, 2.05) is 0 Å². The third-order valence-corrected chi connectivity index (χ3v) is 7.33. The van der Waals surface area contributed by atoms with Gasteiger partial charge in [0.25, 0.3) is 0 Å². The second kappa shape index (κ2) is 8.95. The molecule has 0 saturated heterocycles. The van der Waals surface area contributed by atoms with Gasteiger partial charge in [0.05, 0.1) is 0 Å². The fourth-order valence-corrected chi connectivity index (χ4v) is 6.20. The van der Waals surface area contributed by atoms with Crippen LogP contribution in [-0.2, 0) is 28.0 Å². The molecule has 0 aromatic heterocycles. The van der Waals surface area contributed by atoms with Gasteiger partial charge < -0.3 is 24.8 Å². The van der Waals surface area contributed by atoms with Gasteiger partial charge in [0.2, 0.25) is 0 Å². The zero-order valence-corrected chi connectivity index (χ0v) is 15.4. The maximum Gasteiger partial charge on any atom is -1.00 e. The molecule has 3 rings (SSSR count). The average Bonchev–Trinajstić information content (AvgIpc) is 3.05. The molecule has 2 aliphatic carbocycles. The van der Waals surface area contributed by atoms with Crippen LogP contribution in [0.5, 0.6) is 0 Å². The van der Waals surface area contributed by atoms with Crippen molar-refractivity contribution in [1.82, 2.24) is 0 Å². The summed E-state index contributed by atoms with van der Waals surface area (Å²) in [6, 6.07) is 8.67. The van der Waals surface area contributed by atoms with Gasteiger partial charge >= 0.3 is 125 Å². The number of halogens is 2. The topological polar surface area (TPSA) is 29.5 Å². The summed E-state index contributed by atoms with van der Waals surface area (Å²) in [7, 11) is 0. The second-order valence-electron chi connectivity index (χ2n) is 4.63. The van der Waals surface area contributed by atoms with E-state index in [9.17, 15) is 0 Å². The molecule has 21 heavy (non-hydrogen) atoms. The van der Waals surface area contributed by atoms with E-state index in [4.69, 9.17) is 9.84 Å². The predicted molar refractivity (Wildman–Crippen MR) is 72.0 cm³/mol. The zero-order chi connectivity index (χ0) is 13.1. The monoisotopic (exact) mass is 400 g/mol. The van der Waals surface area contributed by atoms with Gasteiger partial charge in [-0.05, 0) is 0 Å². The number of allylic oxidation sites excluding steroid dienone is 4. The molecule has 1 N–H and O–H groups in total. The van der Waals surface area contributed by atoms with Crippen LogP contribution in [0.15, 0.2) is 51.5 Å². The first kappa shape index (κ1) is 18.7. The Morgan fingerprint density at radius 1 is 1.19 bits per heavy atom. The van der Waals surface area contributed by atoms with Gasteiger partial charge in [-0.3, -0.25) is 0 Å². The molecule has 2 aliphatic rings. The molecule has 2 nitrogen and oxygen atoms in total. The molecule has 1 atom stereocenters. The number of hydrogen-bond donors (Lipinski definition) is 1. The maximum atomic E-state index is 8.86. The van der Waals surface area contributed by atoms with Crippen LogP contribution in [0, 0.1) is 0 Å². The van der Waals surface area contributed by atoms with E-state index in [1.54, 1.807) is 0 Å². The van der Waals surface area contributed by atoms with Gasteiger partial charge in [-0.2, -0.15) is 0 Å². The summed E-state index contributed by atoms with van der Waals surface area (Å²) in [5, 5.41) is 8.86. The van der Waals surface area contributed by atoms with Crippen LogP contribution in [0.2, 0.25) is 0 Å². The van der Waals surface area contributed by atoms with E-state index in [0.29, 0.717) is 10.2 Å². The SMILES string of the molecule is OCCOC1=[C]([Zr+2][CH]2C=Cc3ccccc32)CC=C1.[Cl-].[Cl-]. The normalized spacial score (nSPS) is 17.9. The molecule has 0 radical (unpaired) electrons. The molecule has 0 heterocycles. The van der Waals surface area contributed by atoms with Gasteiger partial charge in [-0.25, -0.2) is 0 Å². The predicted octanol–water partition coefficient (Wildman–Crippen LogP) is -2.97. The van der Waals surface area contributed by atoms with Crippen LogP contribution in [0.1, 0.15) is 21.2 Å². The van der Waals surface area contributed by atoms with Crippen molar-refractivity contribution in [3.05, 3.63) is 62.7 Å². The minimum absolute atomic E-state index is 0. The Kier molecular flexibility index (Phi) is 7.97. The molecular formula is C16H16Cl2O2Zr. The standard InChI is InChI=1S/C9H7.C7H9O2.2ClH.Zr/c1-2-5-9-7-3-6-8(9)4-1;8-5-6-9-7-3-1-2-4-7;;;/h1-7H;1,3,8H,2,5-6H2;2*1H;/q;;;;+2/p-2. The first-order valence-corrected chi connectivity index (χ1v) is 9.20. The van der Waals surface area contributed by atoms with Crippen molar-refractivity contribution < 1.29 is 57.9 Å². The van der Waals surface area contributed by atoms with Crippen LogP contribution >= 0.6 is 0 Å². The number of aliphatic hydroxyl groups excluding tert-OH is 1. The molecule has 0 aliphatic heterocycles. The van der Waals surface area contributed by atoms with Crippen molar-refractivity contribution in [1.29, 1.82) is 0 Å². The summed E-state index contributed by atoms with van der Waals surface area (Å²) in [6.45, 7) is 0.488. The molecule has 1 aromatic rings. The molecule has 110 valence electrons. The van der Waals surface area contributed by atoms with Gasteiger partial charge in [0.1, 0.15) is 0 Å². The third-order valence-electron chi connectivity index (χ3n) is 3.37. The van der Waals surface area contributed by atoms with Gasteiger partial charge in [-0.15, -0.1) is 0 Å². The summed E-state index contributed by atoms with van der Waals surface area (Å²) >= 11 is -0.709. The van der Waals surface area contributed by atoms with Crippen molar-refractivity contribution in [2.75, 3.05) is 13.2 Å². The molecule has 1 aromatic carbocycles. The summed E-state index contributed by atoms with van der Waals surface area (Å²) in [6.07, 6.45) is 9.88. The fraction of sp³-hybridized carbons (Fsp3) is 0.250. The quantitative estimate of drug-likeness (QED) is 0.570. The van der Waals surface area contributed by atoms with Crippen molar-refractivity contribution >= 4 is 6.08 Å². The Bertz CT molecular complexity index is 567. The third kappa shape index (κ3) is 4.32. The van der Waals surface area contributed by atoms with Gasteiger partial charge in [0.15, 0.2) is 0 Å². The summed E-state index contributed by atoms with van der Waals surface area (Å²) in [5.74, 6) is 1.03. The summed E-state index contributed by atoms with van der Waals surface area (Å²) < 4.78 is 7.75. The van der Waals surface area contributed by atoms with Gasteiger partial charge in [0, 0.05) is 0 Å². The minimum atomic E-state index is -0.709. The Morgan fingerprint density at radius 2 is 2.00 bits per heavy atom. The number of rotatable bonds is 5. The smallest absolute Gasteiger partial charge is 1.00 e. The number of benzene rings is 1. The number of hydrogen-bond acceptors (Lipinski definition) is 2. The van der Waals surface area contributed by atoms with Crippen LogP contribution in [0.4, 0.5) is 0 Å². The molecule has 0 spiro atoms. The van der Waals surface area contributed by atoms with Crippen LogP contribution in [-0.4, -0.2) is 18.3 Å². The molecule has 0 amide bonds. The van der Waals surface area contributed by atoms with E-state index in [2.05, 4.69) is 48.6 Å². The number of aliphatic hydroxyl groups is 1. The van der Waals surface area contributed by atoms with Crippen molar-refractivity contribution in [3.63, 3.8) is 0 Å². The van der Waals surface area contributed by atoms with E-state index in [1.165, 1.54) is 14.4 Å². The first-order chi connectivity index (χ1) is 9.38. The second-order valence-corrected chi connectivity index (χ2v) is 8.35. The summed E-state index contributed by atoms with van der Waals surface area (Å²) in [5.41, 5.74) is 2.85. The molecule has 0 fully saturated rings. The largest absolute Gasteiger partial charge is 1.00 e. The molecule has 0 saturated carbocycles. The molecule has 1 unspecified atom stereocenters. The Balaban J connectivity index is 0.00000110. The van der Waals surface area contributed by atoms with Gasteiger partial charge in [-0.1, -0.05) is 0 Å². The molecular weight excluding hydrogens is 386 g/mol. The number of ether oxygens (including phenoxy) is 1. The first-order valence-electron chi connectivity index (χ1n) is 6.55. The minimum Gasteiger partial charge on any atom is -1.00 e. The van der Waals surface area contributed by atoms with Crippen molar-refractivity contribution in [3.8, 4) is 0 Å². The van der Waals surface area contributed by atoms with E-state index in [-0.39, 0.29) is 31.4 Å². The van der Waals surface area contributed by atoms with Crippen LogP contribution in [0.25, 0.3) is 6.08 Å². The van der Waals surface area contributed by atoms with E-state index >= 15 is 0 Å². The zero-order valence-electron chi connectivity index (χ0n) is 11.4. The maximum absolute atomic E-state index is 8.86. The Morgan fingerprint density at radius 3 is 2.81 bits per heavy atom. The van der Waals surface area contributed by atoms with E-state index < -0.39 is 23.2 Å². The Labute approximate surface area is 149 Å². The molecule has 0 bridgehead atoms. The van der Waals surface area contributed by atoms with Crippen molar-refractivity contribution in [2.45, 2.75) is 10.0 Å². The van der Waals surface area contributed by atoms with Crippen LogP contribution < -0.4 is 24.8 Å². The number of fused-ring (bicyclic) bond motifs is 1. The fourth-order valence-electron chi connectivity index (χ4n) is 2.47. The average molecular weight is 402 g/mol. The molecule has 5 heteroatoms. The summed E-state index contributed by atoms with van der Waals surface area (Å²) in [4.78, 5) is 0. The van der Waals surface area contributed by atoms with Crippen molar-refractivity contribution in [2.24, 2.45) is 0 Å².